The van der Waals surface area contributed by atoms with Gasteiger partial charge in [0.2, 0.25) is 21.8 Å². The summed E-state index contributed by atoms with van der Waals surface area (Å²) < 4.78 is 31.8. The van der Waals surface area contributed by atoms with Crippen LogP contribution in [0.1, 0.15) is 12.5 Å². The number of carbonyl (C=O) groups is 2. The second-order valence-electron chi connectivity index (χ2n) is 6.75. The summed E-state index contributed by atoms with van der Waals surface area (Å²) in [5, 5.41) is 0. The maximum atomic E-state index is 12.6. The zero-order valence-corrected chi connectivity index (χ0v) is 16.7. The fourth-order valence-electron chi connectivity index (χ4n) is 3.20. The number of morpholine rings is 1. The first-order chi connectivity index (χ1) is 13.4. The number of carbonyl (C=O) groups excluding carboxylic acids is 2. The molecule has 2 aliphatic heterocycles. The van der Waals surface area contributed by atoms with Crippen LogP contribution in [0.3, 0.4) is 0 Å². The van der Waals surface area contributed by atoms with E-state index in [4.69, 9.17) is 4.74 Å². The third-order valence-corrected chi connectivity index (χ3v) is 6.86. The first-order valence-corrected chi connectivity index (χ1v) is 10.7. The van der Waals surface area contributed by atoms with Crippen molar-refractivity contribution in [3.8, 4) is 0 Å². The topological polar surface area (TPSA) is 87.2 Å². The Bertz CT molecular complexity index is 837. The predicted octanol–water partition coefficient (Wildman–Crippen LogP) is 0.411. The molecule has 2 aliphatic rings. The SMILES string of the molecule is CC(=O)N1CCN(C(=O)C=Cc2ccc(S(=O)(=O)N3CCOCC3)cc2)CC1. The van der Waals surface area contributed by atoms with Gasteiger partial charge in [-0.15, -0.1) is 0 Å². The highest BCUT2D eigenvalue weighted by Crippen LogP contribution is 2.18. The van der Waals surface area contributed by atoms with Crippen molar-refractivity contribution in [1.29, 1.82) is 0 Å². The Morgan fingerprint density at radius 2 is 1.50 bits per heavy atom. The van der Waals surface area contributed by atoms with E-state index in [-0.39, 0.29) is 16.7 Å². The monoisotopic (exact) mass is 407 g/mol. The summed E-state index contributed by atoms with van der Waals surface area (Å²) in [6, 6.07) is 6.48. The molecule has 2 saturated heterocycles. The molecule has 28 heavy (non-hydrogen) atoms. The highest BCUT2D eigenvalue weighted by molar-refractivity contribution is 7.89. The summed E-state index contributed by atoms with van der Waals surface area (Å²) in [6.45, 7) is 5.17. The number of hydrogen-bond donors (Lipinski definition) is 0. The maximum absolute atomic E-state index is 12.6. The molecule has 1 aromatic rings. The van der Waals surface area contributed by atoms with Crippen molar-refractivity contribution in [1.82, 2.24) is 14.1 Å². The molecule has 0 N–H and O–H groups in total. The van der Waals surface area contributed by atoms with Crippen LogP contribution in [0, 0.1) is 0 Å². The standard InChI is InChI=1S/C19H25N3O5S/c1-16(23)20-8-10-21(11-9-20)19(24)7-4-17-2-5-18(6-3-17)28(25,26)22-12-14-27-15-13-22/h2-7H,8-15H2,1H3. The second kappa shape index (κ2) is 8.85. The first kappa shape index (κ1) is 20.5. The van der Waals surface area contributed by atoms with Crippen LogP contribution in [0.4, 0.5) is 0 Å². The Labute approximate surface area is 165 Å². The third kappa shape index (κ3) is 4.78. The van der Waals surface area contributed by atoms with E-state index in [1.165, 1.54) is 17.3 Å². The summed E-state index contributed by atoms with van der Waals surface area (Å²) in [7, 11) is -3.52. The fraction of sp³-hybridized carbons (Fsp3) is 0.474. The number of benzene rings is 1. The van der Waals surface area contributed by atoms with E-state index in [2.05, 4.69) is 0 Å². The highest BCUT2D eigenvalue weighted by atomic mass is 32.2. The molecule has 9 heteroatoms. The summed E-state index contributed by atoms with van der Waals surface area (Å²) >= 11 is 0. The molecule has 2 heterocycles. The predicted molar refractivity (Wildman–Crippen MR) is 104 cm³/mol. The lowest BCUT2D eigenvalue weighted by molar-refractivity contribution is -0.135. The third-order valence-electron chi connectivity index (χ3n) is 4.94. The molecule has 0 aromatic heterocycles. The summed E-state index contributed by atoms with van der Waals surface area (Å²) in [5.74, 6) is -0.0945. The quantitative estimate of drug-likeness (QED) is 0.675. The molecule has 0 spiro atoms. The molecular formula is C19H25N3O5S. The van der Waals surface area contributed by atoms with Crippen LogP contribution >= 0.6 is 0 Å². The molecule has 2 fully saturated rings. The van der Waals surface area contributed by atoms with Crippen molar-refractivity contribution >= 4 is 27.9 Å². The van der Waals surface area contributed by atoms with Crippen molar-refractivity contribution < 1.29 is 22.7 Å². The molecule has 152 valence electrons. The van der Waals surface area contributed by atoms with Gasteiger partial charge < -0.3 is 14.5 Å². The van der Waals surface area contributed by atoms with E-state index < -0.39 is 10.0 Å². The van der Waals surface area contributed by atoms with Crippen LogP contribution in [-0.2, 0) is 24.3 Å². The average molecular weight is 407 g/mol. The molecule has 0 saturated carbocycles. The number of piperazine rings is 1. The molecule has 2 amide bonds. The minimum atomic E-state index is -3.52. The Morgan fingerprint density at radius 1 is 0.929 bits per heavy atom. The number of rotatable bonds is 4. The molecule has 8 nitrogen and oxygen atoms in total. The molecule has 0 bridgehead atoms. The highest BCUT2D eigenvalue weighted by Gasteiger charge is 2.26. The van der Waals surface area contributed by atoms with Crippen LogP contribution in [0.5, 0.6) is 0 Å². The van der Waals surface area contributed by atoms with E-state index in [1.807, 2.05) is 0 Å². The summed E-state index contributed by atoms with van der Waals surface area (Å²) in [5.41, 5.74) is 0.747. The van der Waals surface area contributed by atoms with Crippen LogP contribution in [0.15, 0.2) is 35.2 Å². The Morgan fingerprint density at radius 3 is 2.07 bits per heavy atom. The zero-order chi connectivity index (χ0) is 20.1. The minimum absolute atomic E-state index is 0.0229. The minimum Gasteiger partial charge on any atom is -0.379 e. The van der Waals surface area contributed by atoms with Gasteiger partial charge in [0.1, 0.15) is 0 Å². The van der Waals surface area contributed by atoms with Crippen LogP contribution < -0.4 is 0 Å². The van der Waals surface area contributed by atoms with Gasteiger partial charge in [0, 0.05) is 52.3 Å². The van der Waals surface area contributed by atoms with Gasteiger partial charge in [-0.1, -0.05) is 12.1 Å². The van der Waals surface area contributed by atoms with Crippen molar-refractivity contribution in [2.45, 2.75) is 11.8 Å². The molecule has 1 aromatic carbocycles. The largest absolute Gasteiger partial charge is 0.379 e. The number of nitrogens with zero attached hydrogens (tertiary/aromatic N) is 3. The van der Waals surface area contributed by atoms with Crippen molar-refractivity contribution in [2.75, 3.05) is 52.5 Å². The van der Waals surface area contributed by atoms with E-state index in [9.17, 15) is 18.0 Å². The number of sulfonamides is 1. The van der Waals surface area contributed by atoms with Gasteiger partial charge in [-0.05, 0) is 23.8 Å². The molecule has 3 rings (SSSR count). The lowest BCUT2D eigenvalue weighted by Crippen LogP contribution is -2.49. The molecule has 0 aliphatic carbocycles. The Hall–Kier alpha value is -2.23. The van der Waals surface area contributed by atoms with Crippen molar-refractivity contribution in [3.63, 3.8) is 0 Å². The summed E-state index contributed by atoms with van der Waals surface area (Å²) in [6.07, 6.45) is 3.15. The van der Waals surface area contributed by atoms with Crippen LogP contribution in [0.2, 0.25) is 0 Å². The number of amides is 2. The molecule has 0 atom stereocenters. The molecule has 0 unspecified atom stereocenters. The number of ether oxygens (including phenoxy) is 1. The molecule has 0 radical (unpaired) electrons. The maximum Gasteiger partial charge on any atom is 0.246 e. The van der Waals surface area contributed by atoms with Gasteiger partial charge in [0.25, 0.3) is 0 Å². The Balaban J connectivity index is 1.59. The van der Waals surface area contributed by atoms with E-state index in [0.29, 0.717) is 52.5 Å². The summed E-state index contributed by atoms with van der Waals surface area (Å²) in [4.78, 5) is 27.3. The van der Waals surface area contributed by atoms with Crippen LogP contribution in [0.25, 0.3) is 6.08 Å². The van der Waals surface area contributed by atoms with Crippen LogP contribution in [-0.4, -0.2) is 86.8 Å². The van der Waals surface area contributed by atoms with Gasteiger partial charge in [-0.25, -0.2) is 8.42 Å². The van der Waals surface area contributed by atoms with E-state index in [0.717, 1.165) is 5.56 Å². The second-order valence-corrected chi connectivity index (χ2v) is 8.69. The smallest absolute Gasteiger partial charge is 0.246 e. The zero-order valence-electron chi connectivity index (χ0n) is 15.9. The normalized spacial score (nSPS) is 19.2. The van der Waals surface area contributed by atoms with Gasteiger partial charge in [0.05, 0.1) is 18.1 Å². The Kier molecular flexibility index (Phi) is 6.48. The van der Waals surface area contributed by atoms with Gasteiger partial charge in [-0.3, -0.25) is 9.59 Å². The lowest BCUT2D eigenvalue weighted by Gasteiger charge is -2.33. The average Bonchev–Trinajstić information content (AvgIpc) is 2.73. The van der Waals surface area contributed by atoms with Crippen molar-refractivity contribution in [3.05, 3.63) is 35.9 Å². The number of hydrogen-bond acceptors (Lipinski definition) is 5. The van der Waals surface area contributed by atoms with Gasteiger partial charge in [0.15, 0.2) is 0 Å². The fourth-order valence-corrected chi connectivity index (χ4v) is 4.61. The lowest BCUT2D eigenvalue weighted by atomic mass is 10.2. The van der Waals surface area contributed by atoms with Gasteiger partial charge in [-0.2, -0.15) is 4.31 Å². The van der Waals surface area contributed by atoms with E-state index >= 15 is 0 Å². The van der Waals surface area contributed by atoms with Gasteiger partial charge >= 0.3 is 0 Å². The van der Waals surface area contributed by atoms with Crippen molar-refractivity contribution in [2.24, 2.45) is 0 Å². The van der Waals surface area contributed by atoms with E-state index in [1.54, 1.807) is 40.1 Å². The first-order valence-electron chi connectivity index (χ1n) is 9.28. The molecular weight excluding hydrogens is 382 g/mol.